The largest absolute Gasteiger partial charge is 0.472 e. The number of quaternary nitrogens is 1. The minimum atomic E-state index is -4.36. The maximum Gasteiger partial charge on any atom is 0.472 e. The number of phosphoric acid groups is 1. The molecule has 0 heterocycles. The molecule has 0 aromatic rings. The summed E-state index contributed by atoms with van der Waals surface area (Å²) in [5.74, 6) is -0.805. The van der Waals surface area contributed by atoms with Gasteiger partial charge < -0.3 is 18.9 Å². The molecule has 10 heteroatoms. The van der Waals surface area contributed by atoms with Crippen molar-refractivity contribution in [2.45, 2.75) is 187 Å². The van der Waals surface area contributed by atoms with E-state index in [2.05, 4.69) is 26.0 Å². The molecule has 0 aromatic heterocycles. The van der Waals surface area contributed by atoms with Gasteiger partial charge in [-0.1, -0.05) is 148 Å². The Morgan fingerprint density at radius 2 is 1.06 bits per heavy atom. The lowest BCUT2D eigenvalue weighted by Crippen LogP contribution is -2.37. The maximum absolute atomic E-state index is 12.6. The van der Waals surface area contributed by atoms with Crippen LogP contribution in [0.1, 0.15) is 181 Å². The first-order chi connectivity index (χ1) is 24.0. The van der Waals surface area contributed by atoms with Gasteiger partial charge >= 0.3 is 19.8 Å². The molecule has 0 saturated heterocycles. The first kappa shape index (κ1) is 48.8. The molecule has 2 atom stereocenters. The number of hydrogen-bond acceptors (Lipinski definition) is 7. The van der Waals surface area contributed by atoms with Gasteiger partial charge in [0.25, 0.3) is 0 Å². The van der Waals surface area contributed by atoms with Crippen LogP contribution in [0.4, 0.5) is 0 Å². The molecule has 0 amide bonds. The van der Waals surface area contributed by atoms with Crippen LogP contribution in [0.2, 0.25) is 0 Å². The van der Waals surface area contributed by atoms with Crippen LogP contribution in [0.25, 0.3) is 0 Å². The van der Waals surface area contributed by atoms with E-state index < -0.39 is 26.5 Å². The summed E-state index contributed by atoms with van der Waals surface area (Å²) in [6.45, 7) is 4.36. The minimum Gasteiger partial charge on any atom is -0.462 e. The lowest BCUT2D eigenvalue weighted by Gasteiger charge is -2.24. The standard InChI is InChI=1S/C40H78NO8P/c1-6-8-10-12-14-16-18-19-20-21-22-23-25-26-28-30-32-39(42)46-36-38(37-48-50(44,45)47-35-34-41(3,4)5)49-40(43)33-31-29-27-24-17-15-13-11-9-7-2/h11,13,38H,6-10,12,14-37H2,1-5H3/p+1/b13-11-. The molecule has 0 radical (unpaired) electrons. The number of carbonyl (C=O) groups excluding carboxylic acids is 2. The summed E-state index contributed by atoms with van der Waals surface area (Å²) in [6, 6.07) is 0. The Bertz CT molecular complexity index is 876. The predicted molar refractivity (Wildman–Crippen MR) is 206 cm³/mol. The zero-order valence-electron chi connectivity index (χ0n) is 33.1. The lowest BCUT2D eigenvalue weighted by molar-refractivity contribution is -0.870. The van der Waals surface area contributed by atoms with Crippen molar-refractivity contribution >= 4 is 19.8 Å². The Labute approximate surface area is 307 Å². The van der Waals surface area contributed by atoms with E-state index in [1.165, 1.54) is 89.9 Å². The Balaban J connectivity index is 4.33. The van der Waals surface area contributed by atoms with Gasteiger partial charge in [-0.25, -0.2) is 4.57 Å². The van der Waals surface area contributed by atoms with E-state index in [0.717, 1.165) is 57.8 Å². The fraction of sp³-hybridized carbons (Fsp3) is 0.900. The maximum atomic E-state index is 12.6. The van der Waals surface area contributed by atoms with Crippen LogP contribution in [0.3, 0.4) is 0 Å². The van der Waals surface area contributed by atoms with Crippen LogP contribution in [0, 0.1) is 0 Å². The van der Waals surface area contributed by atoms with Crippen LogP contribution >= 0.6 is 7.82 Å². The summed E-state index contributed by atoms with van der Waals surface area (Å²) >= 11 is 0. The van der Waals surface area contributed by atoms with Crippen molar-refractivity contribution in [1.82, 2.24) is 0 Å². The SMILES string of the molecule is CCC/C=C\CCCCCCCC(=O)OC(COC(=O)CCCCCCCCCCCCCCCCCC)COP(=O)(O)OCC[N+](C)(C)C. The second-order valence-electron chi connectivity index (χ2n) is 15.0. The number of phosphoric ester groups is 1. The first-order valence-corrected chi connectivity index (χ1v) is 21.9. The second-order valence-corrected chi connectivity index (χ2v) is 16.5. The van der Waals surface area contributed by atoms with Gasteiger partial charge in [-0.2, -0.15) is 0 Å². The summed E-state index contributed by atoms with van der Waals surface area (Å²) in [7, 11) is 1.48. The van der Waals surface area contributed by atoms with E-state index in [-0.39, 0.29) is 25.6 Å². The highest BCUT2D eigenvalue weighted by Crippen LogP contribution is 2.43. The van der Waals surface area contributed by atoms with E-state index >= 15 is 0 Å². The number of rotatable bonds is 37. The fourth-order valence-electron chi connectivity index (χ4n) is 5.55. The van der Waals surface area contributed by atoms with Gasteiger partial charge in [-0.15, -0.1) is 0 Å². The molecule has 2 unspecified atom stereocenters. The number of ether oxygens (including phenoxy) is 2. The second kappa shape index (κ2) is 33.6. The third kappa shape index (κ3) is 36.5. The van der Waals surface area contributed by atoms with Gasteiger partial charge in [0.1, 0.15) is 19.8 Å². The van der Waals surface area contributed by atoms with Gasteiger partial charge in [0.15, 0.2) is 6.10 Å². The van der Waals surface area contributed by atoms with Crippen LogP contribution in [0.5, 0.6) is 0 Å². The predicted octanol–water partition coefficient (Wildman–Crippen LogP) is 11.0. The van der Waals surface area contributed by atoms with Crippen molar-refractivity contribution in [3.63, 3.8) is 0 Å². The molecule has 0 aromatic carbocycles. The zero-order valence-corrected chi connectivity index (χ0v) is 34.0. The molecule has 0 bridgehead atoms. The molecule has 0 rings (SSSR count). The molecule has 0 aliphatic heterocycles. The summed E-state index contributed by atoms with van der Waals surface area (Å²) in [4.78, 5) is 35.2. The summed E-state index contributed by atoms with van der Waals surface area (Å²) in [6.07, 6.45) is 32.6. The average Bonchev–Trinajstić information content (AvgIpc) is 3.06. The van der Waals surface area contributed by atoms with E-state index in [9.17, 15) is 19.0 Å². The number of nitrogens with zero attached hydrogens (tertiary/aromatic N) is 1. The average molecular weight is 733 g/mol. The Morgan fingerprint density at radius 3 is 1.56 bits per heavy atom. The van der Waals surface area contributed by atoms with Gasteiger partial charge in [-0.3, -0.25) is 18.6 Å². The summed E-state index contributed by atoms with van der Waals surface area (Å²) < 4.78 is 34.2. The third-order valence-corrected chi connectivity index (χ3v) is 9.76. The third-order valence-electron chi connectivity index (χ3n) is 8.78. The molecule has 1 N–H and O–H groups in total. The van der Waals surface area contributed by atoms with Crippen molar-refractivity contribution < 1.29 is 42.1 Å². The van der Waals surface area contributed by atoms with E-state index in [4.69, 9.17) is 18.5 Å². The quantitative estimate of drug-likeness (QED) is 0.0221. The van der Waals surface area contributed by atoms with Crippen molar-refractivity contribution in [3.8, 4) is 0 Å². The van der Waals surface area contributed by atoms with Gasteiger partial charge in [0.05, 0.1) is 27.7 Å². The van der Waals surface area contributed by atoms with Crippen molar-refractivity contribution in [3.05, 3.63) is 12.2 Å². The molecule has 0 saturated carbocycles. The zero-order chi connectivity index (χ0) is 37.2. The Hall–Kier alpha value is -1.25. The first-order valence-electron chi connectivity index (χ1n) is 20.4. The fourth-order valence-corrected chi connectivity index (χ4v) is 6.29. The lowest BCUT2D eigenvalue weighted by atomic mass is 10.0. The molecule has 0 fully saturated rings. The number of carbonyl (C=O) groups is 2. The highest BCUT2D eigenvalue weighted by Gasteiger charge is 2.27. The van der Waals surface area contributed by atoms with Gasteiger partial charge in [0.2, 0.25) is 0 Å². The van der Waals surface area contributed by atoms with E-state index in [1.54, 1.807) is 0 Å². The molecule has 0 aliphatic rings. The molecular formula is C40H79NO8P+. The highest BCUT2D eigenvalue weighted by atomic mass is 31.2. The van der Waals surface area contributed by atoms with Crippen LogP contribution in [-0.4, -0.2) is 74.9 Å². The topological polar surface area (TPSA) is 108 Å². The van der Waals surface area contributed by atoms with Crippen molar-refractivity contribution in [1.29, 1.82) is 0 Å². The Kier molecular flexibility index (Phi) is 32.7. The van der Waals surface area contributed by atoms with E-state index in [0.29, 0.717) is 23.9 Å². The molecule has 50 heavy (non-hydrogen) atoms. The van der Waals surface area contributed by atoms with Crippen molar-refractivity contribution in [2.24, 2.45) is 0 Å². The Morgan fingerprint density at radius 1 is 0.600 bits per heavy atom. The smallest absolute Gasteiger partial charge is 0.462 e. The van der Waals surface area contributed by atoms with Crippen LogP contribution < -0.4 is 0 Å². The minimum absolute atomic E-state index is 0.0328. The number of unbranched alkanes of at least 4 members (excludes halogenated alkanes) is 21. The number of likely N-dealkylation sites (N-methyl/N-ethyl adjacent to an activating group) is 1. The summed E-state index contributed by atoms with van der Waals surface area (Å²) in [5, 5.41) is 0. The number of allylic oxidation sites excluding steroid dienone is 2. The number of hydrogen-bond donors (Lipinski definition) is 1. The molecule has 296 valence electrons. The molecule has 9 nitrogen and oxygen atoms in total. The summed E-state index contributed by atoms with van der Waals surface area (Å²) in [5.41, 5.74) is 0. The monoisotopic (exact) mass is 733 g/mol. The molecular weight excluding hydrogens is 653 g/mol. The van der Waals surface area contributed by atoms with Crippen molar-refractivity contribution in [2.75, 3.05) is 47.5 Å². The van der Waals surface area contributed by atoms with E-state index in [1.807, 2.05) is 21.1 Å². The molecule has 0 aliphatic carbocycles. The molecule has 0 spiro atoms. The van der Waals surface area contributed by atoms with Crippen LogP contribution in [0.15, 0.2) is 12.2 Å². The van der Waals surface area contributed by atoms with Gasteiger partial charge in [-0.05, 0) is 32.1 Å². The number of esters is 2. The van der Waals surface area contributed by atoms with Crippen LogP contribution in [-0.2, 0) is 32.7 Å². The van der Waals surface area contributed by atoms with Gasteiger partial charge in [0, 0.05) is 12.8 Å². The highest BCUT2D eigenvalue weighted by molar-refractivity contribution is 7.47. The normalized spacial score (nSPS) is 13.8.